The summed E-state index contributed by atoms with van der Waals surface area (Å²) in [6.07, 6.45) is 0.741. The standard InChI is InChI=1S/C19H25N3O6/c1-3-9-20-16(23)11-21(2)17(24)12-28-19(26)8-10-22-14-6-4-5-7-15(14)27-13-18(22)25/h4-7H,3,8-13H2,1-2H3,(H,20,23). The van der Waals surface area contributed by atoms with Crippen molar-refractivity contribution in [2.75, 3.05) is 44.8 Å². The van der Waals surface area contributed by atoms with E-state index in [1.165, 1.54) is 16.8 Å². The van der Waals surface area contributed by atoms with E-state index in [2.05, 4.69) is 5.32 Å². The summed E-state index contributed by atoms with van der Waals surface area (Å²) in [5, 5.41) is 2.66. The number of amides is 3. The van der Waals surface area contributed by atoms with Gasteiger partial charge in [-0.3, -0.25) is 19.2 Å². The van der Waals surface area contributed by atoms with Crippen LogP contribution in [0.3, 0.4) is 0 Å². The van der Waals surface area contributed by atoms with Crippen LogP contribution < -0.4 is 15.0 Å². The summed E-state index contributed by atoms with van der Waals surface area (Å²) < 4.78 is 10.3. The topological polar surface area (TPSA) is 105 Å². The Morgan fingerprint density at radius 1 is 1.29 bits per heavy atom. The number of benzene rings is 1. The van der Waals surface area contributed by atoms with E-state index in [0.717, 1.165) is 6.42 Å². The van der Waals surface area contributed by atoms with Gasteiger partial charge in [0.1, 0.15) is 5.75 Å². The smallest absolute Gasteiger partial charge is 0.308 e. The van der Waals surface area contributed by atoms with Gasteiger partial charge < -0.3 is 24.6 Å². The third kappa shape index (κ3) is 5.97. The number of carbonyl (C=O) groups excluding carboxylic acids is 4. The molecule has 0 bridgehead atoms. The zero-order valence-electron chi connectivity index (χ0n) is 16.1. The second-order valence-corrected chi connectivity index (χ2v) is 6.31. The lowest BCUT2D eigenvalue weighted by Gasteiger charge is -2.29. The average molecular weight is 391 g/mol. The molecule has 1 aromatic rings. The van der Waals surface area contributed by atoms with Crippen LogP contribution in [0.4, 0.5) is 5.69 Å². The summed E-state index contributed by atoms with van der Waals surface area (Å²) >= 11 is 0. The lowest BCUT2D eigenvalue weighted by atomic mass is 10.2. The Bertz CT molecular complexity index is 736. The summed E-state index contributed by atoms with van der Waals surface area (Å²) in [5.74, 6) is -1.02. The second-order valence-electron chi connectivity index (χ2n) is 6.31. The van der Waals surface area contributed by atoms with Gasteiger partial charge in [-0.05, 0) is 18.6 Å². The molecule has 0 radical (unpaired) electrons. The SMILES string of the molecule is CCCNC(=O)CN(C)C(=O)COC(=O)CCN1C(=O)COc2ccccc21. The number of hydrogen-bond acceptors (Lipinski definition) is 6. The number of para-hydroxylation sites is 2. The fraction of sp³-hybridized carbons (Fsp3) is 0.474. The summed E-state index contributed by atoms with van der Waals surface area (Å²) in [6, 6.07) is 7.06. The van der Waals surface area contributed by atoms with Crippen molar-refractivity contribution in [1.82, 2.24) is 10.2 Å². The molecule has 1 aromatic carbocycles. The highest BCUT2D eigenvalue weighted by Crippen LogP contribution is 2.31. The molecule has 0 aliphatic carbocycles. The van der Waals surface area contributed by atoms with Gasteiger partial charge >= 0.3 is 5.97 Å². The molecular weight excluding hydrogens is 366 g/mol. The molecule has 152 valence electrons. The van der Waals surface area contributed by atoms with Gasteiger partial charge in [-0.15, -0.1) is 0 Å². The molecule has 0 fully saturated rings. The first-order chi connectivity index (χ1) is 13.4. The highest BCUT2D eigenvalue weighted by atomic mass is 16.5. The van der Waals surface area contributed by atoms with E-state index in [1.54, 1.807) is 24.3 Å². The van der Waals surface area contributed by atoms with Crippen LogP contribution in [0.15, 0.2) is 24.3 Å². The lowest BCUT2D eigenvalue weighted by Crippen LogP contribution is -2.41. The molecule has 1 N–H and O–H groups in total. The Labute approximate surface area is 163 Å². The maximum Gasteiger partial charge on any atom is 0.308 e. The summed E-state index contributed by atoms with van der Waals surface area (Å²) in [4.78, 5) is 50.2. The summed E-state index contributed by atoms with van der Waals surface area (Å²) in [5.41, 5.74) is 0.598. The van der Waals surface area contributed by atoms with Gasteiger partial charge in [0.05, 0.1) is 18.7 Å². The maximum absolute atomic E-state index is 12.1. The summed E-state index contributed by atoms with van der Waals surface area (Å²) in [6.45, 7) is 1.95. The number of hydrogen-bond donors (Lipinski definition) is 1. The Hall–Kier alpha value is -3.10. The van der Waals surface area contributed by atoms with Crippen molar-refractivity contribution in [3.8, 4) is 5.75 Å². The number of esters is 1. The largest absolute Gasteiger partial charge is 0.482 e. The van der Waals surface area contributed by atoms with E-state index in [9.17, 15) is 19.2 Å². The van der Waals surface area contributed by atoms with Crippen molar-refractivity contribution >= 4 is 29.4 Å². The fourth-order valence-corrected chi connectivity index (χ4v) is 2.55. The van der Waals surface area contributed by atoms with Gasteiger partial charge in [-0.2, -0.15) is 0 Å². The van der Waals surface area contributed by atoms with Crippen molar-refractivity contribution in [2.24, 2.45) is 0 Å². The number of fused-ring (bicyclic) bond motifs is 1. The van der Waals surface area contributed by atoms with E-state index in [-0.39, 0.29) is 37.9 Å². The van der Waals surface area contributed by atoms with Gasteiger partial charge in [-0.25, -0.2) is 0 Å². The first-order valence-electron chi connectivity index (χ1n) is 9.10. The number of ether oxygens (including phenoxy) is 2. The molecule has 3 amide bonds. The van der Waals surface area contributed by atoms with Crippen LogP contribution in [0.1, 0.15) is 19.8 Å². The zero-order chi connectivity index (χ0) is 20.5. The molecule has 0 saturated carbocycles. The van der Waals surface area contributed by atoms with Crippen LogP contribution in [-0.4, -0.2) is 68.5 Å². The van der Waals surface area contributed by atoms with Crippen molar-refractivity contribution in [2.45, 2.75) is 19.8 Å². The monoisotopic (exact) mass is 391 g/mol. The third-order valence-electron chi connectivity index (χ3n) is 4.08. The zero-order valence-corrected chi connectivity index (χ0v) is 16.1. The van der Waals surface area contributed by atoms with E-state index in [4.69, 9.17) is 9.47 Å². The van der Waals surface area contributed by atoms with Crippen LogP contribution in [0.5, 0.6) is 5.75 Å². The normalized spacial score (nSPS) is 12.6. The number of likely N-dealkylation sites (N-methyl/N-ethyl adjacent to an activating group) is 1. The van der Waals surface area contributed by atoms with E-state index < -0.39 is 18.5 Å². The second kappa shape index (κ2) is 10.3. The molecule has 0 spiro atoms. The Morgan fingerprint density at radius 3 is 2.79 bits per heavy atom. The molecule has 0 atom stereocenters. The number of nitrogens with zero attached hydrogens (tertiary/aromatic N) is 2. The van der Waals surface area contributed by atoms with Crippen LogP contribution in [0.25, 0.3) is 0 Å². The molecule has 28 heavy (non-hydrogen) atoms. The molecule has 2 rings (SSSR count). The highest BCUT2D eigenvalue weighted by Gasteiger charge is 2.25. The average Bonchev–Trinajstić information content (AvgIpc) is 2.69. The maximum atomic E-state index is 12.1. The van der Waals surface area contributed by atoms with Crippen molar-refractivity contribution < 1.29 is 28.7 Å². The van der Waals surface area contributed by atoms with Crippen LogP contribution in [0.2, 0.25) is 0 Å². The van der Waals surface area contributed by atoms with E-state index >= 15 is 0 Å². The number of rotatable bonds is 9. The van der Waals surface area contributed by atoms with Gasteiger partial charge in [0, 0.05) is 20.1 Å². The molecule has 1 aliphatic heterocycles. The van der Waals surface area contributed by atoms with Gasteiger partial charge in [0.15, 0.2) is 13.2 Å². The molecule has 0 aromatic heterocycles. The third-order valence-corrected chi connectivity index (χ3v) is 4.08. The highest BCUT2D eigenvalue weighted by molar-refractivity contribution is 5.98. The Morgan fingerprint density at radius 2 is 2.04 bits per heavy atom. The first kappa shape index (κ1) is 21.2. The molecule has 9 nitrogen and oxygen atoms in total. The number of anilines is 1. The Kier molecular flexibility index (Phi) is 7.79. The van der Waals surface area contributed by atoms with Crippen LogP contribution in [0, 0.1) is 0 Å². The molecule has 9 heteroatoms. The first-order valence-corrected chi connectivity index (χ1v) is 9.10. The van der Waals surface area contributed by atoms with Gasteiger partial charge in [0.25, 0.3) is 11.8 Å². The summed E-state index contributed by atoms with van der Waals surface area (Å²) in [7, 11) is 1.46. The van der Waals surface area contributed by atoms with Gasteiger partial charge in [0.2, 0.25) is 5.91 Å². The van der Waals surface area contributed by atoms with E-state index in [1.807, 2.05) is 6.92 Å². The van der Waals surface area contributed by atoms with Crippen LogP contribution >= 0.6 is 0 Å². The lowest BCUT2D eigenvalue weighted by molar-refractivity contribution is -0.151. The van der Waals surface area contributed by atoms with Gasteiger partial charge in [-0.1, -0.05) is 19.1 Å². The molecule has 0 saturated heterocycles. The predicted molar refractivity (Wildman–Crippen MR) is 101 cm³/mol. The minimum absolute atomic E-state index is 0.0615. The van der Waals surface area contributed by atoms with Crippen molar-refractivity contribution in [1.29, 1.82) is 0 Å². The quantitative estimate of drug-likeness (QED) is 0.608. The van der Waals surface area contributed by atoms with Crippen LogP contribution in [-0.2, 0) is 23.9 Å². The van der Waals surface area contributed by atoms with Crippen molar-refractivity contribution in [3.63, 3.8) is 0 Å². The molecular formula is C19H25N3O6. The van der Waals surface area contributed by atoms with Crippen molar-refractivity contribution in [3.05, 3.63) is 24.3 Å². The molecule has 1 aliphatic rings. The molecule has 0 unspecified atom stereocenters. The number of carbonyl (C=O) groups is 4. The Balaban J connectivity index is 1.76. The van der Waals surface area contributed by atoms with E-state index in [0.29, 0.717) is 18.0 Å². The minimum atomic E-state index is -0.603. The number of nitrogens with one attached hydrogen (secondary N) is 1. The molecule has 1 heterocycles. The fourth-order valence-electron chi connectivity index (χ4n) is 2.55. The minimum Gasteiger partial charge on any atom is -0.482 e. The predicted octanol–water partition coefficient (Wildman–Crippen LogP) is 0.330.